The number of benzene rings is 2. The van der Waals surface area contributed by atoms with Crippen LogP contribution in [-0.4, -0.2) is 23.6 Å². The summed E-state index contributed by atoms with van der Waals surface area (Å²) in [6.07, 6.45) is 0. The molecule has 0 atom stereocenters. The summed E-state index contributed by atoms with van der Waals surface area (Å²) in [5.74, 6) is -0.844. The fraction of sp³-hybridized carbons (Fsp3) is 0.118. The summed E-state index contributed by atoms with van der Waals surface area (Å²) in [7, 11) is 0. The maximum absolute atomic E-state index is 11.6. The first kappa shape index (κ1) is 17.4. The minimum Gasteiger partial charge on any atom is -0.462 e. The van der Waals surface area contributed by atoms with E-state index in [0.717, 1.165) is 11.4 Å². The standard InChI is InChI=1S/C17H17N3O3S/c1-2-23-16(22)12-5-9-14(10-6-12)20-17(24)19-13-7-3-11(4-8-13)15(18)21/h3-10H,2H2,1H3,(H2,18,21)(H2,19,20,24). The maximum atomic E-state index is 11.6. The highest BCUT2D eigenvalue weighted by atomic mass is 32.1. The molecule has 124 valence electrons. The van der Waals surface area contributed by atoms with Crippen LogP contribution >= 0.6 is 12.2 Å². The van der Waals surface area contributed by atoms with Crippen molar-refractivity contribution in [1.82, 2.24) is 0 Å². The van der Waals surface area contributed by atoms with Crippen molar-refractivity contribution in [1.29, 1.82) is 0 Å². The molecule has 4 N–H and O–H groups in total. The molecule has 7 heteroatoms. The van der Waals surface area contributed by atoms with Gasteiger partial charge in [0.2, 0.25) is 5.91 Å². The van der Waals surface area contributed by atoms with E-state index < -0.39 is 5.91 Å². The molecule has 0 saturated heterocycles. The first-order valence-corrected chi connectivity index (χ1v) is 7.65. The Labute approximate surface area is 145 Å². The van der Waals surface area contributed by atoms with Crippen molar-refractivity contribution in [3.63, 3.8) is 0 Å². The summed E-state index contributed by atoms with van der Waals surface area (Å²) in [6, 6.07) is 13.4. The molecule has 2 aromatic carbocycles. The number of amides is 1. The van der Waals surface area contributed by atoms with E-state index in [4.69, 9.17) is 22.7 Å². The molecule has 0 aliphatic rings. The lowest BCUT2D eigenvalue weighted by Gasteiger charge is -2.11. The molecule has 24 heavy (non-hydrogen) atoms. The molecule has 1 amide bonds. The molecule has 0 fully saturated rings. The van der Waals surface area contributed by atoms with Gasteiger partial charge in [-0.05, 0) is 67.7 Å². The third-order valence-electron chi connectivity index (χ3n) is 3.08. The Morgan fingerprint density at radius 3 is 1.83 bits per heavy atom. The van der Waals surface area contributed by atoms with Gasteiger partial charge in [-0.3, -0.25) is 4.79 Å². The normalized spacial score (nSPS) is 9.88. The fourth-order valence-electron chi connectivity index (χ4n) is 1.92. The molecule has 0 aliphatic carbocycles. The first-order valence-electron chi connectivity index (χ1n) is 7.24. The van der Waals surface area contributed by atoms with E-state index >= 15 is 0 Å². The van der Waals surface area contributed by atoms with Crippen LogP contribution in [0.3, 0.4) is 0 Å². The largest absolute Gasteiger partial charge is 0.462 e. The second-order valence-electron chi connectivity index (χ2n) is 4.82. The fourth-order valence-corrected chi connectivity index (χ4v) is 2.15. The van der Waals surface area contributed by atoms with Crippen LogP contribution in [0.25, 0.3) is 0 Å². The van der Waals surface area contributed by atoms with Gasteiger partial charge in [-0.1, -0.05) is 0 Å². The van der Waals surface area contributed by atoms with Crippen LogP contribution in [0, 0.1) is 0 Å². The monoisotopic (exact) mass is 343 g/mol. The summed E-state index contributed by atoms with van der Waals surface area (Å²) in [5, 5.41) is 6.37. The van der Waals surface area contributed by atoms with E-state index in [2.05, 4.69) is 10.6 Å². The average Bonchev–Trinajstić information content (AvgIpc) is 2.56. The van der Waals surface area contributed by atoms with Gasteiger partial charge in [0.05, 0.1) is 12.2 Å². The van der Waals surface area contributed by atoms with E-state index in [0.29, 0.717) is 22.8 Å². The van der Waals surface area contributed by atoms with E-state index in [1.165, 1.54) is 0 Å². The van der Waals surface area contributed by atoms with Gasteiger partial charge < -0.3 is 21.1 Å². The highest BCUT2D eigenvalue weighted by molar-refractivity contribution is 7.80. The van der Waals surface area contributed by atoms with Crippen LogP contribution in [0.4, 0.5) is 11.4 Å². The minimum absolute atomic E-state index is 0.335. The number of hydrogen-bond donors (Lipinski definition) is 3. The molecular weight excluding hydrogens is 326 g/mol. The number of rotatable bonds is 5. The van der Waals surface area contributed by atoms with Crippen LogP contribution in [-0.2, 0) is 4.74 Å². The number of esters is 1. The second kappa shape index (κ2) is 8.07. The number of anilines is 2. The van der Waals surface area contributed by atoms with Gasteiger partial charge in [-0.15, -0.1) is 0 Å². The van der Waals surface area contributed by atoms with Crippen molar-refractivity contribution in [3.8, 4) is 0 Å². The summed E-state index contributed by atoms with van der Waals surface area (Å²) in [5.41, 5.74) is 7.54. The van der Waals surface area contributed by atoms with Gasteiger partial charge in [0.15, 0.2) is 5.11 Å². The highest BCUT2D eigenvalue weighted by Crippen LogP contribution is 2.13. The lowest BCUT2D eigenvalue weighted by Crippen LogP contribution is -2.19. The molecule has 0 saturated carbocycles. The van der Waals surface area contributed by atoms with E-state index in [9.17, 15) is 9.59 Å². The Morgan fingerprint density at radius 1 is 0.958 bits per heavy atom. The number of ether oxygens (including phenoxy) is 1. The van der Waals surface area contributed by atoms with Crippen molar-refractivity contribution in [2.75, 3.05) is 17.2 Å². The molecule has 0 aromatic heterocycles. The maximum Gasteiger partial charge on any atom is 0.338 e. The van der Waals surface area contributed by atoms with Crippen molar-refractivity contribution in [2.24, 2.45) is 5.73 Å². The summed E-state index contributed by atoms with van der Waals surface area (Å²) in [6.45, 7) is 2.09. The zero-order valence-corrected chi connectivity index (χ0v) is 13.9. The van der Waals surface area contributed by atoms with Gasteiger partial charge in [0, 0.05) is 16.9 Å². The van der Waals surface area contributed by atoms with Crippen molar-refractivity contribution in [3.05, 3.63) is 59.7 Å². The Bertz CT molecular complexity index is 743. The quantitative estimate of drug-likeness (QED) is 0.571. The Balaban J connectivity index is 1.94. The summed E-state index contributed by atoms with van der Waals surface area (Å²) < 4.78 is 4.92. The summed E-state index contributed by atoms with van der Waals surface area (Å²) >= 11 is 5.22. The molecule has 0 bridgehead atoms. The first-order chi connectivity index (χ1) is 11.5. The zero-order chi connectivity index (χ0) is 17.5. The molecule has 6 nitrogen and oxygen atoms in total. The van der Waals surface area contributed by atoms with Gasteiger partial charge in [0.25, 0.3) is 0 Å². The topological polar surface area (TPSA) is 93.4 Å². The molecule has 0 heterocycles. The van der Waals surface area contributed by atoms with E-state index in [1.807, 2.05) is 0 Å². The number of thiocarbonyl (C=S) groups is 1. The number of nitrogens with two attached hydrogens (primary N) is 1. The molecule has 0 unspecified atom stereocenters. The highest BCUT2D eigenvalue weighted by Gasteiger charge is 2.06. The van der Waals surface area contributed by atoms with Crippen LogP contribution in [0.15, 0.2) is 48.5 Å². The van der Waals surface area contributed by atoms with E-state index in [-0.39, 0.29) is 5.97 Å². The molecular formula is C17H17N3O3S. The smallest absolute Gasteiger partial charge is 0.338 e. The van der Waals surface area contributed by atoms with Crippen LogP contribution in [0.1, 0.15) is 27.6 Å². The molecule has 0 spiro atoms. The van der Waals surface area contributed by atoms with Crippen molar-refractivity contribution < 1.29 is 14.3 Å². The van der Waals surface area contributed by atoms with Gasteiger partial charge in [-0.2, -0.15) is 0 Å². The second-order valence-corrected chi connectivity index (χ2v) is 5.23. The Kier molecular flexibility index (Phi) is 5.86. The molecule has 2 aromatic rings. The number of nitrogens with one attached hydrogen (secondary N) is 2. The van der Waals surface area contributed by atoms with Gasteiger partial charge in [-0.25, -0.2) is 4.79 Å². The third kappa shape index (κ3) is 4.79. The number of carbonyl (C=O) groups excluding carboxylic acids is 2. The van der Waals surface area contributed by atoms with Crippen LogP contribution in [0.5, 0.6) is 0 Å². The SMILES string of the molecule is CCOC(=O)c1ccc(NC(=S)Nc2ccc(C(N)=O)cc2)cc1. The molecule has 0 aliphatic heterocycles. The summed E-state index contributed by atoms with van der Waals surface area (Å²) in [4.78, 5) is 22.6. The Hall–Kier alpha value is -2.93. The lowest BCUT2D eigenvalue weighted by atomic mass is 10.2. The molecule has 0 radical (unpaired) electrons. The van der Waals surface area contributed by atoms with E-state index in [1.54, 1.807) is 55.5 Å². The number of carbonyl (C=O) groups is 2. The van der Waals surface area contributed by atoms with Crippen molar-refractivity contribution >= 4 is 40.6 Å². The molecule has 2 rings (SSSR count). The van der Waals surface area contributed by atoms with Gasteiger partial charge >= 0.3 is 5.97 Å². The minimum atomic E-state index is -0.482. The van der Waals surface area contributed by atoms with Crippen molar-refractivity contribution in [2.45, 2.75) is 6.92 Å². The zero-order valence-electron chi connectivity index (χ0n) is 13.0. The predicted octanol–water partition coefficient (Wildman–Crippen LogP) is 2.77. The average molecular weight is 343 g/mol. The van der Waals surface area contributed by atoms with Gasteiger partial charge in [0.1, 0.15) is 0 Å². The number of primary amides is 1. The van der Waals surface area contributed by atoms with Crippen LogP contribution in [0.2, 0.25) is 0 Å². The Morgan fingerprint density at radius 2 is 1.42 bits per heavy atom. The number of hydrogen-bond acceptors (Lipinski definition) is 4. The van der Waals surface area contributed by atoms with Crippen LogP contribution < -0.4 is 16.4 Å². The predicted molar refractivity (Wildman–Crippen MR) is 97.2 cm³/mol. The lowest BCUT2D eigenvalue weighted by molar-refractivity contribution is 0.0526. The third-order valence-corrected chi connectivity index (χ3v) is 3.29.